The Morgan fingerprint density at radius 1 is 1.56 bits per heavy atom. The molecule has 1 aromatic heterocycles. The first-order valence-corrected chi connectivity index (χ1v) is 4.75. The number of amides is 1. The number of aryl methyl sites for hydroxylation is 1. The second-order valence-corrected chi connectivity index (χ2v) is 3.30. The van der Waals surface area contributed by atoms with Crippen LogP contribution in [-0.2, 0) is 11.8 Å². The van der Waals surface area contributed by atoms with Crippen molar-refractivity contribution in [2.75, 3.05) is 7.11 Å². The van der Waals surface area contributed by atoms with Gasteiger partial charge in [0.1, 0.15) is 5.82 Å². The Kier molecular flexibility index (Phi) is 3.94. The van der Waals surface area contributed by atoms with Gasteiger partial charge in [0.05, 0.1) is 13.3 Å². The number of imidazole rings is 1. The van der Waals surface area contributed by atoms with E-state index in [0.717, 1.165) is 7.11 Å². The summed E-state index contributed by atoms with van der Waals surface area (Å²) in [6.07, 6.45) is -4.88. The van der Waals surface area contributed by atoms with Gasteiger partial charge in [0.25, 0.3) is 0 Å². The van der Waals surface area contributed by atoms with Crippen molar-refractivity contribution in [3.05, 3.63) is 12.0 Å². The molecule has 0 aliphatic heterocycles. The fourth-order valence-electron chi connectivity index (χ4n) is 1.02. The van der Waals surface area contributed by atoms with Crippen LogP contribution in [0.1, 0.15) is 5.82 Å². The fourth-order valence-corrected chi connectivity index (χ4v) is 1.02. The lowest BCUT2D eigenvalue weighted by molar-refractivity contribution is -0.0616. The molecule has 0 spiro atoms. The first-order valence-electron chi connectivity index (χ1n) is 4.75. The molecule has 0 saturated heterocycles. The van der Waals surface area contributed by atoms with Gasteiger partial charge in [0.2, 0.25) is 5.84 Å². The maximum Gasteiger partial charge on any atom is 0.449 e. The van der Waals surface area contributed by atoms with E-state index in [1.165, 1.54) is 23.1 Å². The summed E-state index contributed by atoms with van der Waals surface area (Å²) in [5, 5.41) is 1.51. The van der Waals surface area contributed by atoms with Crippen LogP contribution < -0.4 is 5.32 Å². The van der Waals surface area contributed by atoms with Crippen molar-refractivity contribution in [3.63, 3.8) is 0 Å². The van der Waals surface area contributed by atoms with Gasteiger partial charge in [-0.1, -0.05) is 0 Å². The van der Waals surface area contributed by atoms with Crippen LogP contribution in [0.3, 0.4) is 0 Å². The van der Waals surface area contributed by atoms with Gasteiger partial charge in [-0.15, -0.1) is 0 Å². The highest BCUT2D eigenvalue weighted by molar-refractivity contribution is 5.99. The van der Waals surface area contributed by atoms with E-state index in [1.807, 2.05) is 0 Å². The molecule has 1 heterocycles. The second kappa shape index (κ2) is 5.07. The first kappa shape index (κ1) is 14.0. The Hall–Kier alpha value is -2.06. The third kappa shape index (κ3) is 3.22. The molecule has 0 atom stereocenters. The van der Waals surface area contributed by atoms with Crippen molar-refractivity contribution in [2.45, 2.75) is 13.1 Å². The lowest BCUT2D eigenvalue weighted by atomic mass is 10.5. The van der Waals surface area contributed by atoms with Gasteiger partial charge in [-0.3, -0.25) is 5.32 Å². The number of hydrogen-bond donors (Lipinski definition) is 1. The summed E-state index contributed by atoms with van der Waals surface area (Å²) < 4.78 is 43.3. The molecule has 1 aromatic rings. The standard InChI is InChI=1S/C9H11F3N4O2/c1-5-13-4-6(16(5)2)14-7(9(10,11)12)15-8(17)18-3/h4H,1-3H3,(H,14,15,17). The van der Waals surface area contributed by atoms with Crippen molar-refractivity contribution in [2.24, 2.45) is 12.0 Å². The predicted octanol–water partition coefficient (Wildman–Crippen LogP) is 1.68. The van der Waals surface area contributed by atoms with Crippen LogP contribution in [0.15, 0.2) is 11.2 Å². The minimum atomic E-state index is -4.80. The number of alkyl carbamates (subject to hydrolysis) is 1. The number of carbonyl (C=O) groups excluding carboxylic acids is 1. The summed E-state index contributed by atoms with van der Waals surface area (Å²) in [6.45, 7) is 1.61. The van der Waals surface area contributed by atoms with Gasteiger partial charge in [0, 0.05) is 7.05 Å². The normalized spacial score (nSPS) is 12.4. The Morgan fingerprint density at radius 3 is 2.56 bits per heavy atom. The molecule has 0 saturated carbocycles. The molecule has 0 unspecified atom stereocenters. The maximum atomic E-state index is 12.6. The highest BCUT2D eigenvalue weighted by Crippen LogP contribution is 2.20. The number of aromatic nitrogens is 2. The van der Waals surface area contributed by atoms with E-state index in [-0.39, 0.29) is 5.82 Å². The predicted molar refractivity (Wildman–Crippen MR) is 56.6 cm³/mol. The zero-order chi connectivity index (χ0) is 13.9. The smallest absolute Gasteiger partial charge is 0.449 e. The van der Waals surface area contributed by atoms with Crippen LogP contribution in [0.2, 0.25) is 0 Å². The molecule has 100 valence electrons. The molecule has 0 aliphatic carbocycles. The van der Waals surface area contributed by atoms with Crippen LogP contribution in [0, 0.1) is 6.92 Å². The molecule has 0 fully saturated rings. The highest BCUT2D eigenvalue weighted by atomic mass is 19.4. The molecule has 0 radical (unpaired) electrons. The van der Waals surface area contributed by atoms with Gasteiger partial charge >= 0.3 is 12.3 Å². The number of amidine groups is 1. The highest BCUT2D eigenvalue weighted by Gasteiger charge is 2.38. The zero-order valence-electron chi connectivity index (χ0n) is 9.87. The van der Waals surface area contributed by atoms with Crippen LogP contribution >= 0.6 is 0 Å². The SMILES string of the molecule is COC(=O)N/C(=N\c1cnc(C)n1C)C(F)(F)F. The third-order valence-corrected chi connectivity index (χ3v) is 2.10. The van der Waals surface area contributed by atoms with E-state index >= 15 is 0 Å². The third-order valence-electron chi connectivity index (χ3n) is 2.10. The Morgan fingerprint density at radius 2 is 2.17 bits per heavy atom. The largest absolute Gasteiger partial charge is 0.453 e. The minimum absolute atomic E-state index is 0.0313. The molecular formula is C9H11F3N4O2. The van der Waals surface area contributed by atoms with Crippen molar-refractivity contribution in [1.29, 1.82) is 0 Å². The number of hydrogen-bond acceptors (Lipinski definition) is 4. The molecule has 0 bridgehead atoms. The van der Waals surface area contributed by atoms with Crippen molar-refractivity contribution < 1.29 is 22.7 Å². The Bertz CT molecular complexity index is 479. The number of rotatable bonds is 1. The lowest BCUT2D eigenvalue weighted by Gasteiger charge is -2.11. The van der Waals surface area contributed by atoms with E-state index in [2.05, 4.69) is 14.7 Å². The summed E-state index contributed by atoms with van der Waals surface area (Å²) in [4.78, 5) is 17.9. The number of nitrogens with one attached hydrogen (secondary N) is 1. The van der Waals surface area contributed by atoms with E-state index in [9.17, 15) is 18.0 Å². The molecular weight excluding hydrogens is 253 g/mol. The van der Waals surface area contributed by atoms with Crippen molar-refractivity contribution >= 4 is 17.7 Å². The lowest BCUT2D eigenvalue weighted by Crippen LogP contribution is -2.40. The second-order valence-electron chi connectivity index (χ2n) is 3.30. The van der Waals surface area contributed by atoms with Gasteiger partial charge in [0.15, 0.2) is 5.82 Å². The summed E-state index contributed by atoms with van der Waals surface area (Å²) in [6, 6.07) is 0. The zero-order valence-corrected chi connectivity index (χ0v) is 9.87. The maximum absolute atomic E-state index is 12.6. The van der Waals surface area contributed by atoms with Gasteiger partial charge < -0.3 is 9.30 Å². The Labute approximate surface area is 100 Å². The summed E-state index contributed by atoms with van der Waals surface area (Å²) in [7, 11) is 2.46. The number of halogens is 3. The summed E-state index contributed by atoms with van der Waals surface area (Å²) in [5.74, 6) is -0.998. The fraction of sp³-hybridized carbons (Fsp3) is 0.444. The number of ether oxygens (including phenoxy) is 1. The van der Waals surface area contributed by atoms with E-state index in [4.69, 9.17) is 0 Å². The van der Waals surface area contributed by atoms with Gasteiger partial charge in [-0.2, -0.15) is 13.2 Å². The van der Waals surface area contributed by atoms with Crippen LogP contribution in [-0.4, -0.2) is 34.8 Å². The molecule has 18 heavy (non-hydrogen) atoms. The molecule has 1 amide bonds. The number of nitrogens with zero attached hydrogens (tertiary/aromatic N) is 3. The van der Waals surface area contributed by atoms with E-state index in [1.54, 1.807) is 6.92 Å². The average molecular weight is 264 g/mol. The monoisotopic (exact) mass is 264 g/mol. The van der Waals surface area contributed by atoms with Gasteiger partial charge in [-0.25, -0.2) is 14.8 Å². The van der Waals surface area contributed by atoms with E-state index in [0.29, 0.717) is 5.82 Å². The van der Waals surface area contributed by atoms with Crippen LogP contribution in [0.25, 0.3) is 0 Å². The topological polar surface area (TPSA) is 68.5 Å². The molecule has 0 aliphatic rings. The summed E-state index contributed by atoms with van der Waals surface area (Å²) >= 11 is 0. The molecule has 9 heteroatoms. The Balaban J connectivity index is 3.11. The van der Waals surface area contributed by atoms with Crippen molar-refractivity contribution in [3.8, 4) is 0 Å². The average Bonchev–Trinajstić information content (AvgIpc) is 2.58. The number of carbonyl (C=O) groups is 1. The summed E-state index contributed by atoms with van der Waals surface area (Å²) in [5.41, 5.74) is 0. The molecule has 1 rings (SSSR count). The number of alkyl halides is 3. The number of aliphatic imine (C=N–C) groups is 1. The van der Waals surface area contributed by atoms with Crippen LogP contribution in [0.4, 0.5) is 23.8 Å². The van der Waals surface area contributed by atoms with E-state index < -0.39 is 18.1 Å². The van der Waals surface area contributed by atoms with Crippen molar-refractivity contribution in [1.82, 2.24) is 14.9 Å². The van der Waals surface area contributed by atoms with Crippen LogP contribution in [0.5, 0.6) is 0 Å². The van der Waals surface area contributed by atoms with Gasteiger partial charge in [-0.05, 0) is 6.92 Å². The minimum Gasteiger partial charge on any atom is -0.453 e. The quantitative estimate of drug-likeness (QED) is 0.619. The first-order chi connectivity index (χ1) is 8.25. The number of methoxy groups -OCH3 is 1. The molecule has 0 aromatic carbocycles. The molecule has 6 nitrogen and oxygen atoms in total. The molecule has 1 N–H and O–H groups in total.